The molecule has 1 unspecified atom stereocenters. The molecular formula is C10H8BrFN2O5S. The van der Waals surface area contributed by atoms with Crippen molar-refractivity contribution in [3.63, 3.8) is 0 Å². The van der Waals surface area contributed by atoms with Gasteiger partial charge in [-0.25, -0.2) is 0 Å². The van der Waals surface area contributed by atoms with E-state index in [2.05, 4.69) is 15.9 Å². The Kier molecular flexibility index (Phi) is 3.78. The molecule has 1 amide bonds. The summed E-state index contributed by atoms with van der Waals surface area (Å²) in [5, 5.41) is 9.38. The average molecular weight is 367 g/mol. The first-order valence-corrected chi connectivity index (χ1v) is 7.62. The highest BCUT2D eigenvalue weighted by molar-refractivity contribution is 9.10. The Labute approximate surface area is 121 Å². The van der Waals surface area contributed by atoms with Gasteiger partial charge in [0.2, 0.25) is 5.91 Å². The lowest BCUT2D eigenvalue weighted by atomic mass is 10.2. The summed E-state index contributed by atoms with van der Waals surface area (Å²) in [5.41, 5.74) is -0.0992. The van der Waals surface area contributed by atoms with Crippen molar-refractivity contribution < 1.29 is 22.0 Å². The summed E-state index contributed by atoms with van der Waals surface area (Å²) >= 11 is 3.00. The number of nitro benzene ring substituents is 1. The number of carbonyl (C=O) groups is 1. The molecule has 0 aliphatic carbocycles. The van der Waals surface area contributed by atoms with Gasteiger partial charge in [-0.1, -0.05) is 0 Å². The summed E-state index contributed by atoms with van der Waals surface area (Å²) in [5.74, 6) is -0.590. The van der Waals surface area contributed by atoms with Crippen LogP contribution in [0.4, 0.5) is 15.3 Å². The summed E-state index contributed by atoms with van der Waals surface area (Å²) < 4.78 is 34.8. The smallest absolute Gasteiger partial charge is 0.307 e. The van der Waals surface area contributed by atoms with E-state index in [4.69, 9.17) is 0 Å². The molecule has 0 aromatic heterocycles. The zero-order valence-electron chi connectivity index (χ0n) is 9.82. The van der Waals surface area contributed by atoms with Crippen LogP contribution >= 0.6 is 15.9 Å². The first kappa shape index (κ1) is 14.9. The van der Waals surface area contributed by atoms with E-state index in [0.29, 0.717) is 0 Å². The van der Waals surface area contributed by atoms with Crippen molar-refractivity contribution in [2.24, 2.45) is 0 Å². The minimum atomic E-state index is -4.82. The Morgan fingerprint density at radius 3 is 2.60 bits per heavy atom. The van der Waals surface area contributed by atoms with Gasteiger partial charge >= 0.3 is 10.2 Å². The molecule has 1 aromatic rings. The number of benzene rings is 1. The van der Waals surface area contributed by atoms with Gasteiger partial charge in [-0.2, -0.15) is 8.42 Å². The summed E-state index contributed by atoms with van der Waals surface area (Å²) in [4.78, 5) is 22.9. The predicted molar refractivity (Wildman–Crippen MR) is 71.6 cm³/mol. The van der Waals surface area contributed by atoms with Crippen LogP contribution in [0.2, 0.25) is 0 Å². The fraction of sp³-hybridized carbons (Fsp3) is 0.300. The van der Waals surface area contributed by atoms with E-state index in [1.807, 2.05) is 0 Å². The third-order valence-electron chi connectivity index (χ3n) is 2.93. The van der Waals surface area contributed by atoms with Gasteiger partial charge in [0.05, 0.1) is 15.1 Å². The van der Waals surface area contributed by atoms with Crippen LogP contribution in [0.3, 0.4) is 0 Å². The van der Waals surface area contributed by atoms with Gasteiger partial charge in [-0.15, -0.1) is 3.89 Å². The van der Waals surface area contributed by atoms with Crippen molar-refractivity contribution in [2.75, 3.05) is 11.4 Å². The van der Waals surface area contributed by atoms with Crippen LogP contribution in [-0.4, -0.2) is 31.0 Å². The monoisotopic (exact) mass is 366 g/mol. The van der Waals surface area contributed by atoms with Crippen molar-refractivity contribution in [2.45, 2.75) is 11.7 Å². The molecule has 1 aromatic carbocycles. The zero-order chi connectivity index (χ0) is 15.1. The van der Waals surface area contributed by atoms with E-state index < -0.39 is 32.7 Å². The number of carbonyl (C=O) groups excluding carboxylic acids is 1. The van der Waals surface area contributed by atoms with Crippen LogP contribution in [-0.2, 0) is 15.0 Å². The number of hydrogen-bond acceptors (Lipinski definition) is 5. The lowest BCUT2D eigenvalue weighted by Gasteiger charge is -2.16. The molecule has 1 aliphatic rings. The Balaban J connectivity index is 2.36. The van der Waals surface area contributed by atoms with Gasteiger partial charge in [-0.05, 0) is 28.1 Å². The van der Waals surface area contributed by atoms with Crippen LogP contribution in [0.15, 0.2) is 22.7 Å². The molecule has 10 heteroatoms. The maximum absolute atomic E-state index is 12.9. The number of rotatable bonds is 3. The summed E-state index contributed by atoms with van der Waals surface area (Å²) in [6, 6.07) is 3.93. The number of amides is 1. The Bertz CT molecular complexity index is 693. The van der Waals surface area contributed by atoms with Crippen LogP contribution in [0, 0.1) is 10.1 Å². The second-order valence-electron chi connectivity index (χ2n) is 4.20. The number of hydrogen-bond donors (Lipinski definition) is 0. The SMILES string of the molecule is O=C1CC(S(=O)(=O)F)CN1c1ccc(Br)c([N+](=O)[O-])c1. The molecular weight excluding hydrogens is 359 g/mol. The lowest BCUT2D eigenvalue weighted by Crippen LogP contribution is -2.26. The van der Waals surface area contributed by atoms with E-state index in [1.54, 1.807) is 0 Å². The molecule has 7 nitrogen and oxygen atoms in total. The van der Waals surface area contributed by atoms with Crippen molar-refractivity contribution in [1.82, 2.24) is 0 Å². The van der Waals surface area contributed by atoms with Crippen molar-refractivity contribution in [3.8, 4) is 0 Å². The molecule has 20 heavy (non-hydrogen) atoms. The molecule has 108 valence electrons. The van der Waals surface area contributed by atoms with E-state index in [-0.39, 0.29) is 22.4 Å². The van der Waals surface area contributed by atoms with Gasteiger partial charge in [-0.3, -0.25) is 14.9 Å². The molecule has 0 N–H and O–H groups in total. The first-order valence-electron chi connectivity index (χ1n) is 5.38. The third kappa shape index (κ3) is 2.80. The summed E-state index contributed by atoms with van der Waals surface area (Å²) in [7, 11) is -4.82. The standard InChI is InChI=1S/C10H8BrFN2O5S/c11-8-2-1-6(3-9(8)14(16)17)13-5-7(4-10(13)15)20(12,18)19/h1-3,7H,4-5H2. The van der Waals surface area contributed by atoms with Crippen LogP contribution in [0.25, 0.3) is 0 Å². The van der Waals surface area contributed by atoms with Gasteiger partial charge in [0.25, 0.3) is 5.69 Å². The zero-order valence-corrected chi connectivity index (χ0v) is 12.2. The molecule has 0 saturated carbocycles. The largest absolute Gasteiger partial charge is 0.311 e. The molecule has 1 atom stereocenters. The van der Waals surface area contributed by atoms with E-state index in [9.17, 15) is 27.2 Å². The second-order valence-corrected chi connectivity index (χ2v) is 6.67. The van der Waals surface area contributed by atoms with Crippen molar-refractivity contribution >= 4 is 43.4 Å². The Morgan fingerprint density at radius 1 is 1.45 bits per heavy atom. The summed E-state index contributed by atoms with van der Waals surface area (Å²) in [6.45, 7) is -0.351. The van der Waals surface area contributed by atoms with Crippen molar-refractivity contribution in [3.05, 3.63) is 32.8 Å². The molecule has 0 spiro atoms. The topological polar surface area (TPSA) is 97.6 Å². The maximum atomic E-state index is 12.9. The normalized spacial score (nSPS) is 19.4. The molecule has 1 aliphatic heterocycles. The van der Waals surface area contributed by atoms with Gasteiger partial charge in [0.15, 0.2) is 0 Å². The van der Waals surface area contributed by atoms with Crippen LogP contribution < -0.4 is 4.90 Å². The van der Waals surface area contributed by atoms with Gasteiger partial charge in [0.1, 0.15) is 5.25 Å². The van der Waals surface area contributed by atoms with E-state index in [0.717, 1.165) is 11.0 Å². The molecule has 1 fully saturated rings. The highest BCUT2D eigenvalue weighted by Crippen LogP contribution is 2.32. The highest BCUT2D eigenvalue weighted by atomic mass is 79.9. The maximum Gasteiger partial charge on any atom is 0.307 e. The fourth-order valence-electron chi connectivity index (χ4n) is 1.92. The fourth-order valence-corrected chi connectivity index (χ4v) is 2.98. The number of anilines is 1. The third-order valence-corrected chi connectivity index (χ3v) is 4.71. The number of halogens is 2. The Morgan fingerprint density at radius 2 is 2.10 bits per heavy atom. The lowest BCUT2D eigenvalue weighted by molar-refractivity contribution is -0.385. The molecule has 0 bridgehead atoms. The molecule has 0 radical (unpaired) electrons. The highest BCUT2D eigenvalue weighted by Gasteiger charge is 2.39. The predicted octanol–water partition coefficient (Wildman–Crippen LogP) is 1.76. The van der Waals surface area contributed by atoms with Crippen LogP contribution in [0.5, 0.6) is 0 Å². The Hall–Kier alpha value is -1.55. The molecule has 1 saturated heterocycles. The quantitative estimate of drug-likeness (QED) is 0.461. The van der Waals surface area contributed by atoms with E-state index >= 15 is 0 Å². The van der Waals surface area contributed by atoms with Gasteiger partial charge in [0, 0.05) is 19.0 Å². The number of nitro groups is 1. The average Bonchev–Trinajstić information content (AvgIpc) is 2.71. The minimum Gasteiger partial charge on any atom is -0.311 e. The molecule has 2 rings (SSSR count). The summed E-state index contributed by atoms with van der Waals surface area (Å²) in [6.07, 6.45) is -0.470. The number of nitrogens with zero attached hydrogens (tertiary/aromatic N) is 2. The second kappa shape index (κ2) is 5.09. The molecule has 1 heterocycles. The van der Waals surface area contributed by atoms with Gasteiger partial charge < -0.3 is 4.90 Å². The van der Waals surface area contributed by atoms with Crippen LogP contribution in [0.1, 0.15) is 6.42 Å². The van der Waals surface area contributed by atoms with Crippen molar-refractivity contribution in [1.29, 1.82) is 0 Å². The first-order chi connectivity index (χ1) is 9.20. The minimum absolute atomic E-state index is 0.163. The van der Waals surface area contributed by atoms with E-state index in [1.165, 1.54) is 12.1 Å².